The topological polar surface area (TPSA) is 42.2 Å². The number of hydrogen-bond donors (Lipinski definition) is 1. The third-order valence-corrected chi connectivity index (χ3v) is 3.39. The molecule has 0 saturated heterocycles. The first kappa shape index (κ1) is 12.5. The molecule has 1 N–H and O–H groups in total. The number of rotatable bonds is 2. The Balaban J connectivity index is 2.19. The van der Waals surface area contributed by atoms with Crippen molar-refractivity contribution in [2.45, 2.75) is 0 Å². The van der Waals surface area contributed by atoms with Crippen molar-refractivity contribution >= 4 is 50.7 Å². The lowest BCUT2D eigenvalue weighted by atomic mass is 10.3. The third kappa shape index (κ3) is 2.83. The van der Waals surface area contributed by atoms with Crippen LogP contribution in [0.4, 0.5) is 5.69 Å². The number of carbonyl (C=O) groups is 1. The van der Waals surface area contributed by atoms with Crippen LogP contribution in [0.5, 0.6) is 0 Å². The summed E-state index contributed by atoms with van der Waals surface area (Å²) in [5, 5.41) is 3.51. The van der Waals surface area contributed by atoms with Gasteiger partial charge in [0, 0.05) is 5.69 Å². The fraction of sp³-hybridized carbons (Fsp3) is 0. The first-order valence-corrected chi connectivity index (χ1v) is 6.12. The second-order valence-corrected chi connectivity index (χ2v) is 4.73. The average Bonchev–Trinajstić information content (AvgIpc) is 2.70. The smallest absolute Gasteiger partial charge is 0.260 e. The van der Waals surface area contributed by atoms with Crippen LogP contribution in [0.2, 0.25) is 10.0 Å². The zero-order valence-electron chi connectivity index (χ0n) is 8.34. The van der Waals surface area contributed by atoms with E-state index in [1.54, 1.807) is 24.3 Å². The number of anilines is 1. The van der Waals surface area contributed by atoms with Gasteiger partial charge in [-0.2, -0.15) is 0 Å². The zero-order valence-corrected chi connectivity index (χ0v) is 11.4. The lowest BCUT2D eigenvalue weighted by Gasteiger charge is -2.05. The van der Waals surface area contributed by atoms with Crippen LogP contribution in [0.15, 0.2) is 39.6 Å². The molecule has 0 aliphatic heterocycles. The number of benzene rings is 1. The highest BCUT2D eigenvalue weighted by Crippen LogP contribution is 2.26. The highest BCUT2D eigenvalue weighted by Gasteiger charge is 2.13. The summed E-state index contributed by atoms with van der Waals surface area (Å²) >= 11 is 14.7. The van der Waals surface area contributed by atoms with Crippen LogP contribution < -0.4 is 5.32 Å². The van der Waals surface area contributed by atoms with E-state index in [0.717, 1.165) is 0 Å². The molecule has 17 heavy (non-hydrogen) atoms. The van der Waals surface area contributed by atoms with Crippen molar-refractivity contribution in [3.63, 3.8) is 0 Å². The normalized spacial score (nSPS) is 10.3. The lowest BCUT2D eigenvalue weighted by Crippen LogP contribution is -2.11. The molecule has 2 rings (SSSR count). The fourth-order valence-electron chi connectivity index (χ4n) is 1.23. The van der Waals surface area contributed by atoms with Gasteiger partial charge in [-0.25, -0.2) is 0 Å². The Bertz CT molecular complexity index is 568. The Kier molecular flexibility index (Phi) is 3.76. The highest BCUT2D eigenvalue weighted by atomic mass is 79.9. The second-order valence-electron chi connectivity index (χ2n) is 3.19. The van der Waals surface area contributed by atoms with Crippen LogP contribution in [0.3, 0.4) is 0 Å². The summed E-state index contributed by atoms with van der Waals surface area (Å²) in [6.07, 6.45) is 1.42. The molecule has 0 atom stereocenters. The molecule has 0 aliphatic rings. The van der Waals surface area contributed by atoms with Crippen LogP contribution in [0, 0.1) is 0 Å². The lowest BCUT2D eigenvalue weighted by molar-refractivity contribution is 0.102. The summed E-state index contributed by atoms with van der Waals surface area (Å²) in [6.45, 7) is 0. The van der Waals surface area contributed by atoms with E-state index >= 15 is 0 Å². The maximum absolute atomic E-state index is 11.8. The van der Waals surface area contributed by atoms with E-state index in [4.69, 9.17) is 27.6 Å². The highest BCUT2D eigenvalue weighted by molar-refractivity contribution is 9.10. The maximum Gasteiger partial charge on any atom is 0.260 e. The molecule has 1 aromatic heterocycles. The Morgan fingerprint density at radius 1 is 1.24 bits per heavy atom. The van der Waals surface area contributed by atoms with Crippen molar-refractivity contribution in [3.8, 4) is 0 Å². The number of nitrogens with one attached hydrogen (secondary N) is 1. The monoisotopic (exact) mass is 333 g/mol. The Hall–Kier alpha value is -0.970. The van der Waals surface area contributed by atoms with Gasteiger partial charge in [-0.05, 0) is 40.2 Å². The van der Waals surface area contributed by atoms with E-state index in [0.29, 0.717) is 26.0 Å². The van der Waals surface area contributed by atoms with E-state index in [1.165, 1.54) is 6.26 Å². The van der Waals surface area contributed by atoms with Crippen LogP contribution in [0.1, 0.15) is 10.4 Å². The van der Waals surface area contributed by atoms with Crippen molar-refractivity contribution in [1.82, 2.24) is 0 Å². The molecule has 1 aromatic carbocycles. The van der Waals surface area contributed by atoms with Gasteiger partial charge in [0.2, 0.25) is 0 Å². The number of carbonyl (C=O) groups excluding carboxylic acids is 1. The Labute approximate surface area is 116 Å². The predicted octanol–water partition coefficient (Wildman–Crippen LogP) is 4.60. The van der Waals surface area contributed by atoms with Gasteiger partial charge in [0.15, 0.2) is 4.67 Å². The maximum atomic E-state index is 11.8. The average molecular weight is 335 g/mol. The van der Waals surface area contributed by atoms with Crippen LogP contribution in [0.25, 0.3) is 0 Å². The van der Waals surface area contributed by atoms with E-state index in [1.807, 2.05) is 0 Å². The number of furan rings is 1. The number of halogens is 3. The summed E-state index contributed by atoms with van der Waals surface area (Å²) in [7, 11) is 0. The minimum Gasteiger partial charge on any atom is -0.457 e. The van der Waals surface area contributed by atoms with Crippen LogP contribution in [-0.4, -0.2) is 5.91 Å². The van der Waals surface area contributed by atoms with E-state index in [-0.39, 0.29) is 5.91 Å². The van der Waals surface area contributed by atoms with Crippen molar-refractivity contribution in [1.29, 1.82) is 0 Å². The molecule has 0 aliphatic carbocycles. The molecule has 1 amide bonds. The molecule has 88 valence electrons. The summed E-state index contributed by atoms with van der Waals surface area (Å²) in [5.74, 6) is -0.288. The summed E-state index contributed by atoms with van der Waals surface area (Å²) < 4.78 is 5.36. The number of amides is 1. The van der Waals surface area contributed by atoms with Crippen molar-refractivity contribution < 1.29 is 9.21 Å². The first-order chi connectivity index (χ1) is 8.08. The van der Waals surface area contributed by atoms with E-state index in [9.17, 15) is 4.79 Å². The first-order valence-electron chi connectivity index (χ1n) is 4.57. The minimum absolute atomic E-state index is 0.288. The van der Waals surface area contributed by atoms with Gasteiger partial charge in [-0.15, -0.1) is 0 Å². The Morgan fingerprint density at radius 2 is 2.00 bits per heavy atom. The molecule has 0 bridgehead atoms. The Morgan fingerprint density at radius 3 is 2.59 bits per heavy atom. The molecule has 2 aromatic rings. The molecular weight excluding hydrogens is 329 g/mol. The molecule has 0 fully saturated rings. The van der Waals surface area contributed by atoms with Gasteiger partial charge in [0.05, 0.1) is 21.9 Å². The van der Waals surface area contributed by atoms with Crippen molar-refractivity contribution in [3.05, 3.63) is 50.8 Å². The standard InChI is InChI=1S/C11H6BrCl2NO2/c12-10-7(3-4-17-10)11(16)15-6-1-2-8(13)9(14)5-6/h1-5H,(H,15,16). The summed E-state index contributed by atoms with van der Waals surface area (Å²) in [6, 6.07) is 6.43. The summed E-state index contributed by atoms with van der Waals surface area (Å²) in [4.78, 5) is 11.8. The third-order valence-electron chi connectivity index (χ3n) is 2.04. The molecule has 0 radical (unpaired) electrons. The largest absolute Gasteiger partial charge is 0.457 e. The molecule has 0 unspecified atom stereocenters. The SMILES string of the molecule is O=C(Nc1ccc(Cl)c(Cl)c1)c1ccoc1Br. The molecule has 0 spiro atoms. The molecular formula is C11H6BrCl2NO2. The van der Waals surface area contributed by atoms with Gasteiger partial charge in [0.1, 0.15) is 0 Å². The minimum atomic E-state index is -0.288. The molecule has 1 heterocycles. The summed E-state index contributed by atoms with van der Waals surface area (Å²) in [5.41, 5.74) is 0.980. The van der Waals surface area contributed by atoms with Crippen LogP contribution >= 0.6 is 39.1 Å². The number of hydrogen-bond acceptors (Lipinski definition) is 2. The van der Waals surface area contributed by atoms with Crippen molar-refractivity contribution in [2.75, 3.05) is 5.32 Å². The molecule has 0 saturated carbocycles. The van der Waals surface area contributed by atoms with Gasteiger partial charge >= 0.3 is 0 Å². The quantitative estimate of drug-likeness (QED) is 0.872. The van der Waals surface area contributed by atoms with Gasteiger partial charge < -0.3 is 9.73 Å². The van der Waals surface area contributed by atoms with Crippen molar-refractivity contribution in [2.24, 2.45) is 0 Å². The van der Waals surface area contributed by atoms with Crippen LogP contribution in [-0.2, 0) is 0 Å². The molecule has 3 nitrogen and oxygen atoms in total. The fourth-order valence-corrected chi connectivity index (χ4v) is 1.95. The van der Waals surface area contributed by atoms with E-state index < -0.39 is 0 Å². The zero-order chi connectivity index (χ0) is 12.4. The van der Waals surface area contributed by atoms with E-state index in [2.05, 4.69) is 21.2 Å². The van der Waals surface area contributed by atoms with Gasteiger partial charge in [0.25, 0.3) is 5.91 Å². The second kappa shape index (κ2) is 5.12. The molecule has 6 heteroatoms. The van der Waals surface area contributed by atoms with Gasteiger partial charge in [-0.1, -0.05) is 23.2 Å². The predicted molar refractivity (Wildman–Crippen MR) is 70.8 cm³/mol. The van der Waals surface area contributed by atoms with Gasteiger partial charge in [-0.3, -0.25) is 4.79 Å².